The van der Waals surface area contributed by atoms with E-state index in [0.717, 1.165) is 12.1 Å². The van der Waals surface area contributed by atoms with E-state index < -0.39 is 28.3 Å². The standard InChI is InChI=1S/C15H14BrF2NO4S/c1-2-24(21,22)19-13-7-11(16)15(5-9(13)8-20)23-14-4-3-10(17)6-12(14)18/h3-7,19-20H,2,8H2,1H3. The number of aliphatic hydroxyl groups excluding tert-OH is 1. The van der Waals surface area contributed by atoms with Crippen molar-refractivity contribution in [3.63, 3.8) is 0 Å². The van der Waals surface area contributed by atoms with Crippen LogP contribution in [0.5, 0.6) is 11.5 Å². The molecular weight excluding hydrogens is 408 g/mol. The monoisotopic (exact) mass is 421 g/mol. The number of benzene rings is 2. The fourth-order valence-electron chi connectivity index (χ4n) is 1.82. The SMILES string of the molecule is CCS(=O)(=O)Nc1cc(Br)c(Oc2ccc(F)cc2F)cc1CO. The van der Waals surface area contributed by atoms with Crippen molar-refractivity contribution in [2.24, 2.45) is 0 Å². The highest BCUT2D eigenvalue weighted by molar-refractivity contribution is 9.10. The van der Waals surface area contributed by atoms with Crippen LogP contribution in [0.3, 0.4) is 0 Å². The highest BCUT2D eigenvalue weighted by Gasteiger charge is 2.15. The molecule has 2 aromatic carbocycles. The summed E-state index contributed by atoms with van der Waals surface area (Å²) in [6.07, 6.45) is 0. The first-order valence-corrected chi connectivity index (χ1v) is 9.27. The third-order valence-electron chi connectivity index (χ3n) is 3.09. The zero-order valence-corrected chi connectivity index (χ0v) is 14.9. The Balaban J connectivity index is 2.39. The molecule has 0 aliphatic heterocycles. The number of hydrogen-bond donors (Lipinski definition) is 2. The molecule has 0 saturated heterocycles. The van der Waals surface area contributed by atoms with Crippen molar-refractivity contribution >= 4 is 31.6 Å². The van der Waals surface area contributed by atoms with E-state index in [4.69, 9.17) is 4.74 Å². The zero-order chi connectivity index (χ0) is 17.9. The normalized spacial score (nSPS) is 11.4. The second-order valence-electron chi connectivity index (χ2n) is 4.78. The van der Waals surface area contributed by atoms with Crippen LogP contribution in [-0.2, 0) is 16.6 Å². The van der Waals surface area contributed by atoms with Gasteiger partial charge in [0, 0.05) is 11.6 Å². The molecule has 0 spiro atoms. The minimum Gasteiger partial charge on any atom is -0.453 e. The van der Waals surface area contributed by atoms with E-state index >= 15 is 0 Å². The fourth-order valence-corrected chi connectivity index (χ4v) is 2.91. The van der Waals surface area contributed by atoms with E-state index in [1.807, 2.05) is 0 Å². The molecule has 5 nitrogen and oxygen atoms in total. The lowest BCUT2D eigenvalue weighted by Gasteiger charge is -2.15. The van der Waals surface area contributed by atoms with Gasteiger partial charge in [0.2, 0.25) is 10.0 Å². The molecule has 0 radical (unpaired) electrons. The van der Waals surface area contributed by atoms with Gasteiger partial charge >= 0.3 is 0 Å². The molecular formula is C15H14BrF2NO4S. The summed E-state index contributed by atoms with van der Waals surface area (Å²) in [5.74, 6) is -1.82. The summed E-state index contributed by atoms with van der Waals surface area (Å²) < 4.78 is 58.0. The van der Waals surface area contributed by atoms with E-state index in [0.29, 0.717) is 10.5 Å². The van der Waals surface area contributed by atoms with Gasteiger partial charge in [0.15, 0.2) is 11.6 Å². The second kappa shape index (κ2) is 7.45. The Morgan fingerprint density at radius 1 is 1.21 bits per heavy atom. The maximum Gasteiger partial charge on any atom is 0.232 e. The van der Waals surface area contributed by atoms with Crippen LogP contribution in [-0.4, -0.2) is 19.3 Å². The number of hydrogen-bond acceptors (Lipinski definition) is 4. The van der Waals surface area contributed by atoms with E-state index in [1.165, 1.54) is 19.1 Å². The lowest BCUT2D eigenvalue weighted by molar-refractivity contribution is 0.282. The van der Waals surface area contributed by atoms with Crippen LogP contribution in [0.1, 0.15) is 12.5 Å². The maximum atomic E-state index is 13.7. The molecule has 0 amide bonds. The fraction of sp³-hybridized carbons (Fsp3) is 0.200. The highest BCUT2D eigenvalue weighted by Crippen LogP contribution is 2.36. The molecule has 0 aliphatic rings. The van der Waals surface area contributed by atoms with Crippen molar-refractivity contribution < 1.29 is 27.0 Å². The number of ether oxygens (including phenoxy) is 1. The van der Waals surface area contributed by atoms with Gasteiger partial charge in [0.05, 0.1) is 22.5 Å². The zero-order valence-electron chi connectivity index (χ0n) is 12.5. The molecule has 0 heterocycles. The molecule has 0 saturated carbocycles. The predicted octanol–water partition coefficient (Wildman–Crippen LogP) is 3.77. The van der Waals surface area contributed by atoms with Gasteiger partial charge in [-0.1, -0.05) is 0 Å². The first-order chi connectivity index (χ1) is 11.3. The summed E-state index contributed by atoms with van der Waals surface area (Å²) in [4.78, 5) is 0. The van der Waals surface area contributed by atoms with Crippen molar-refractivity contribution in [3.05, 3.63) is 52.0 Å². The summed E-state index contributed by atoms with van der Waals surface area (Å²) in [7, 11) is -3.53. The number of aliphatic hydroxyl groups is 1. The molecule has 0 fully saturated rings. The molecule has 0 atom stereocenters. The van der Waals surface area contributed by atoms with Crippen molar-refractivity contribution in [2.45, 2.75) is 13.5 Å². The van der Waals surface area contributed by atoms with Gasteiger partial charge in [0.25, 0.3) is 0 Å². The Kier molecular flexibility index (Phi) is 5.79. The first-order valence-electron chi connectivity index (χ1n) is 6.82. The maximum absolute atomic E-state index is 13.7. The smallest absolute Gasteiger partial charge is 0.232 e. The number of anilines is 1. The van der Waals surface area contributed by atoms with Crippen LogP contribution >= 0.6 is 15.9 Å². The number of sulfonamides is 1. The van der Waals surface area contributed by atoms with Gasteiger partial charge in [-0.15, -0.1) is 0 Å². The molecule has 2 N–H and O–H groups in total. The van der Waals surface area contributed by atoms with E-state index in [-0.39, 0.29) is 28.5 Å². The van der Waals surface area contributed by atoms with Crippen molar-refractivity contribution in [2.75, 3.05) is 10.5 Å². The van der Waals surface area contributed by atoms with Gasteiger partial charge in [-0.25, -0.2) is 17.2 Å². The Morgan fingerprint density at radius 2 is 1.92 bits per heavy atom. The molecule has 9 heteroatoms. The summed E-state index contributed by atoms with van der Waals surface area (Å²) in [6, 6.07) is 5.61. The molecule has 0 aromatic heterocycles. The average molecular weight is 422 g/mol. The average Bonchev–Trinajstić information content (AvgIpc) is 2.52. The molecule has 130 valence electrons. The first kappa shape index (κ1) is 18.6. The van der Waals surface area contributed by atoms with Crippen molar-refractivity contribution in [1.29, 1.82) is 0 Å². The largest absolute Gasteiger partial charge is 0.453 e. The summed E-state index contributed by atoms with van der Waals surface area (Å²) in [5, 5.41) is 9.43. The van der Waals surface area contributed by atoms with Crippen molar-refractivity contribution in [3.8, 4) is 11.5 Å². The van der Waals surface area contributed by atoms with Crippen LogP contribution in [0.25, 0.3) is 0 Å². The molecule has 24 heavy (non-hydrogen) atoms. The molecule has 2 rings (SSSR count). The van der Waals surface area contributed by atoms with Crippen LogP contribution in [0.4, 0.5) is 14.5 Å². The van der Waals surface area contributed by atoms with E-state index in [1.54, 1.807) is 0 Å². The summed E-state index contributed by atoms with van der Waals surface area (Å²) >= 11 is 3.20. The van der Waals surface area contributed by atoms with Gasteiger partial charge in [-0.2, -0.15) is 0 Å². The van der Waals surface area contributed by atoms with Crippen LogP contribution in [0.2, 0.25) is 0 Å². The number of halogens is 3. The Morgan fingerprint density at radius 3 is 2.50 bits per heavy atom. The Bertz CT molecular complexity index is 859. The van der Waals surface area contributed by atoms with E-state index in [2.05, 4.69) is 20.7 Å². The van der Waals surface area contributed by atoms with Gasteiger partial charge in [-0.05, 0) is 47.1 Å². The van der Waals surface area contributed by atoms with E-state index in [9.17, 15) is 22.3 Å². The lowest BCUT2D eigenvalue weighted by Crippen LogP contribution is -2.16. The number of nitrogens with one attached hydrogen (secondary N) is 1. The Labute approximate surface area is 146 Å². The van der Waals surface area contributed by atoms with Gasteiger partial charge in [0.1, 0.15) is 11.6 Å². The minimum atomic E-state index is -3.53. The summed E-state index contributed by atoms with van der Waals surface area (Å²) in [6.45, 7) is 1.02. The highest BCUT2D eigenvalue weighted by atomic mass is 79.9. The second-order valence-corrected chi connectivity index (χ2v) is 7.65. The molecule has 0 aliphatic carbocycles. The molecule has 0 unspecified atom stereocenters. The van der Waals surface area contributed by atoms with Crippen LogP contribution < -0.4 is 9.46 Å². The lowest BCUT2D eigenvalue weighted by atomic mass is 10.2. The van der Waals surface area contributed by atoms with Crippen LogP contribution in [0.15, 0.2) is 34.8 Å². The minimum absolute atomic E-state index is 0.130. The molecule has 2 aromatic rings. The quantitative estimate of drug-likeness (QED) is 0.743. The topological polar surface area (TPSA) is 75.6 Å². The third-order valence-corrected chi connectivity index (χ3v) is 5.00. The summed E-state index contributed by atoms with van der Waals surface area (Å²) in [5.41, 5.74) is 0.422. The Hall–Kier alpha value is -1.71. The van der Waals surface area contributed by atoms with Crippen molar-refractivity contribution in [1.82, 2.24) is 0 Å². The van der Waals surface area contributed by atoms with Gasteiger partial charge in [-0.3, -0.25) is 4.72 Å². The third kappa shape index (κ3) is 4.43. The molecule has 0 bridgehead atoms. The predicted molar refractivity (Wildman–Crippen MR) is 89.6 cm³/mol. The van der Waals surface area contributed by atoms with Gasteiger partial charge < -0.3 is 9.84 Å². The number of rotatable bonds is 6. The van der Waals surface area contributed by atoms with Crippen LogP contribution in [0, 0.1) is 11.6 Å².